The number of carbonyl (C=O) groups excluding carboxylic acids is 1. The number of hydrogen-bond acceptors (Lipinski definition) is 7. The highest BCUT2D eigenvalue weighted by atomic mass is 16.7. The number of hydrogen-bond donors (Lipinski definition) is 2. The molecule has 0 saturated heterocycles. The minimum absolute atomic E-state index is 0.0370. The van der Waals surface area contributed by atoms with Crippen LogP contribution in [0.25, 0.3) is 0 Å². The third kappa shape index (κ3) is 14.6. The number of carbonyl (C=O) groups is 1. The van der Waals surface area contributed by atoms with Crippen molar-refractivity contribution in [3.05, 3.63) is 29.6 Å². The highest BCUT2D eigenvalue weighted by Crippen LogP contribution is 1.97. The molecule has 0 aliphatic carbocycles. The fourth-order valence-corrected chi connectivity index (χ4v) is 1.10. The molecular formula is C15H24N2O5. The Morgan fingerprint density at radius 2 is 1.82 bits per heavy atom. The lowest BCUT2D eigenvalue weighted by molar-refractivity contribution is -0.123. The molecule has 2 N–H and O–H groups in total. The number of ether oxygens (including phenoxy) is 2. The molecule has 0 saturated carbocycles. The molecule has 7 nitrogen and oxygen atoms in total. The van der Waals surface area contributed by atoms with Crippen LogP contribution in [0, 0.1) is 11.3 Å². The molecule has 7 heteroatoms. The van der Waals surface area contributed by atoms with Gasteiger partial charge in [0.15, 0.2) is 12.6 Å². The highest BCUT2D eigenvalue weighted by molar-refractivity contribution is 5.74. The summed E-state index contributed by atoms with van der Waals surface area (Å²) in [5.74, 6) is 0. The van der Waals surface area contributed by atoms with Gasteiger partial charge in [-0.15, -0.1) is 0 Å². The Morgan fingerprint density at radius 3 is 2.18 bits per heavy atom. The van der Waals surface area contributed by atoms with Gasteiger partial charge in [-0.3, -0.25) is 9.78 Å². The zero-order valence-corrected chi connectivity index (χ0v) is 13.2. The minimum atomic E-state index is -0.125. The zero-order chi connectivity index (χ0) is 17.2. The molecule has 0 spiro atoms. The van der Waals surface area contributed by atoms with E-state index in [0.717, 1.165) is 13.2 Å². The Kier molecular flexibility index (Phi) is 17.5. The Morgan fingerprint density at radius 1 is 1.27 bits per heavy atom. The zero-order valence-electron chi connectivity index (χ0n) is 13.2. The summed E-state index contributed by atoms with van der Waals surface area (Å²) in [5.41, 5.74) is 0.837. The van der Waals surface area contributed by atoms with Crippen molar-refractivity contribution < 1.29 is 24.5 Å². The van der Waals surface area contributed by atoms with E-state index in [0.29, 0.717) is 17.4 Å². The molecule has 1 aromatic rings. The van der Waals surface area contributed by atoms with Gasteiger partial charge in [-0.2, -0.15) is 5.26 Å². The average Bonchev–Trinajstić information content (AvgIpc) is 2.56. The standard InChI is InChI=1S/C7H4N2O.C6H14O2.C2H6O2/c8-2-6-1-7(5-10)4-9-3-6;1-4-7-6(3)8-5-2;3-1-2-4/h1,3-5H;6H,4-5H2,1-3H3;3-4H,1-2H2. The third-order valence-corrected chi connectivity index (χ3v) is 1.93. The third-order valence-electron chi connectivity index (χ3n) is 1.93. The van der Waals surface area contributed by atoms with Crippen molar-refractivity contribution in [3.8, 4) is 6.07 Å². The molecule has 0 aromatic carbocycles. The van der Waals surface area contributed by atoms with E-state index in [1.54, 1.807) is 0 Å². The van der Waals surface area contributed by atoms with E-state index < -0.39 is 0 Å². The molecule has 1 aromatic heterocycles. The summed E-state index contributed by atoms with van der Waals surface area (Å²) in [7, 11) is 0. The van der Waals surface area contributed by atoms with Gasteiger partial charge < -0.3 is 19.7 Å². The smallest absolute Gasteiger partial charge is 0.154 e. The molecule has 22 heavy (non-hydrogen) atoms. The van der Waals surface area contributed by atoms with E-state index in [4.69, 9.17) is 24.9 Å². The van der Waals surface area contributed by atoms with Gasteiger partial charge in [-0.1, -0.05) is 0 Å². The molecule has 0 aliphatic heterocycles. The van der Waals surface area contributed by atoms with Crippen molar-refractivity contribution in [1.82, 2.24) is 4.98 Å². The fraction of sp³-hybridized carbons (Fsp3) is 0.533. The van der Waals surface area contributed by atoms with E-state index in [-0.39, 0.29) is 19.5 Å². The summed E-state index contributed by atoms with van der Waals surface area (Å²) in [6.07, 6.45) is 3.44. The van der Waals surface area contributed by atoms with Gasteiger partial charge in [0, 0.05) is 31.2 Å². The summed E-state index contributed by atoms with van der Waals surface area (Å²) < 4.78 is 10.1. The predicted octanol–water partition coefficient (Wildman–Crippen LogP) is 1.14. The van der Waals surface area contributed by atoms with Crippen molar-refractivity contribution in [1.29, 1.82) is 5.26 Å². The van der Waals surface area contributed by atoms with Crippen LogP contribution in [0.3, 0.4) is 0 Å². The summed E-state index contributed by atoms with van der Waals surface area (Å²) in [6.45, 7) is 7.00. The number of nitriles is 1. The number of nitrogens with zero attached hydrogens (tertiary/aromatic N) is 2. The molecule has 0 aliphatic rings. The van der Waals surface area contributed by atoms with Gasteiger partial charge in [0.25, 0.3) is 0 Å². The van der Waals surface area contributed by atoms with E-state index in [9.17, 15) is 4.79 Å². The van der Waals surface area contributed by atoms with Crippen molar-refractivity contribution in [3.63, 3.8) is 0 Å². The summed E-state index contributed by atoms with van der Waals surface area (Å²) in [6, 6.07) is 3.37. The van der Waals surface area contributed by atoms with E-state index in [1.165, 1.54) is 18.5 Å². The van der Waals surface area contributed by atoms with Gasteiger partial charge in [-0.25, -0.2) is 0 Å². The van der Waals surface area contributed by atoms with E-state index in [1.807, 2.05) is 26.8 Å². The lowest BCUT2D eigenvalue weighted by Crippen LogP contribution is -2.11. The molecule has 0 amide bonds. The maximum atomic E-state index is 10.1. The van der Waals surface area contributed by atoms with Crippen LogP contribution >= 0.6 is 0 Å². The first kappa shape index (κ1) is 22.4. The van der Waals surface area contributed by atoms with Crippen molar-refractivity contribution in [2.45, 2.75) is 27.1 Å². The summed E-state index contributed by atoms with van der Waals surface area (Å²) in [5, 5.41) is 23.6. The topological polar surface area (TPSA) is 113 Å². The van der Waals surface area contributed by atoms with Crippen molar-refractivity contribution >= 4 is 6.29 Å². The minimum Gasteiger partial charge on any atom is -0.394 e. The first-order valence-electron chi connectivity index (χ1n) is 6.84. The van der Waals surface area contributed by atoms with Crippen LogP contribution in [0.2, 0.25) is 0 Å². The molecular weight excluding hydrogens is 288 g/mol. The number of aliphatic hydroxyl groups excluding tert-OH is 2. The molecule has 0 radical (unpaired) electrons. The monoisotopic (exact) mass is 312 g/mol. The van der Waals surface area contributed by atoms with Crippen LogP contribution in [0.5, 0.6) is 0 Å². The second-order valence-electron chi connectivity index (χ2n) is 3.66. The van der Waals surface area contributed by atoms with Crippen LogP contribution < -0.4 is 0 Å². The van der Waals surface area contributed by atoms with Gasteiger partial charge in [0.1, 0.15) is 6.07 Å². The summed E-state index contributed by atoms with van der Waals surface area (Å²) in [4.78, 5) is 13.8. The Bertz CT molecular complexity index is 413. The molecule has 1 rings (SSSR count). The Labute approximate surface area is 131 Å². The SMILES string of the molecule is CCOC(C)OCC.N#Cc1cncc(C=O)c1.OCCO. The van der Waals surface area contributed by atoms with Gasteiger partial charge >= 0.3 is 0 Å². The average molecular weight is 312 g/mol. The van der Waals surface area contributed by atoms with E-state index in [2.05, 4.69) is 4.98 Å². The van der Waals surface area contributed by atoms with Crippen molar-refractivity contribution in [2.75, 3.05) is 26.4 Å². The van der Waals surface area contributed by atoms with Crippen molar-refractivity contribution in [2.24, 2.45) is 0 Å². The molecule has 0 bridgehead atoms. The normalized spacial score (nSPS) is 8.95. The molecule has 0 fully saturated rings. The van der Waals surface area contributed by atoms with Crippen LogP contribution in [0.4, 0.5) is 0 Å². The van der Waals surface area contributed by atoms with Gasteiger partial charge in [0.05, 0.1) is 18.8 Å². The number of aldehydes is 1. The number of aromatic nitrogens is 1. The molecule has 0 atom stereocenters. The Balaban J connectivity index is 0. The fourth-order valence-electron chi connectivity index (χ4n) is 1.10. The Hall–Kier alpha value is -1.85. The quantitative estimate of drug-likeness (QED) is 0.598. The second-order valence-corrected chi connectivity index (χ2v) is 3.66. The number of pyridine rings is 1. The van der Waals surface area contributed by atoms with Crippen LogP contribution in [-0.2, 0) is 9.47 Å². The maximum Gasteiger partial charge on any atom is 0.154 e. The molecule has 0 unspecified atom stereocenters. The second kappa shape index (κ2) is 17.2. The first-order chi connectivity index (χ1) is 10.6. The predicted molar refractivity (Wildman–Crippen MR) is 81.2 cm³/mol. The lowest BCUT2D eigenvalue weighted by Gasteiger charge is -2.09. The summed E-state index contributed by atoms with van der Waals surface area (Å²) >= 11 is 0. The van der Waals surface area contributed by atoms with Crippen LogP contribution in [0.1, 0.15) is 36.7 Å². The van der Waals surface area contributed by atoms with E-state index >= 15 is 0 Å². The van der Waals surface area contributed by atoms with Gasteiger partial charge in [-0.05, 0) is 26.8 Å². The molecule has 1 heterocycles. The van der Waals surface area contributed by atoms with Crippen LogP contribution in [0.15, 0.2) is 18.5 Å². The lowest BCUT2D eigenvalue weighted by atomic mass is 10.2. The number of aliphatic hydroxyl groups is 2. The molecule has 124 valence electrons. The number of rotatable bonds is 6. The highest BCUT2D eigenvalue weighted by Gasteiger charge is 1.94. The van der Waals surface area contributed by atoms with Crippen LogP contribution in [-0.4, -0.2) is 54.2 Å². The maximum absolute atomic E-state index is 10.1. The van der Waals surface area contributed by atoms with Gasteiger partial charge in [0.2, 0.25) is 0 Å². The largest absolute Gasteiger partial charge is 0.394 e. The first-order valence-corrected chi connectivity index (χ1v) is 6.84.